The first kappa shape index (κ1) is 55.3. The second-order valence-corrected chi connectivity index (χ2v) is 23.7. The number of unbranched alkanes of at least 4 members (excludes halogenated alkanes) is 28. The molecule has 2 aliphatic rings. The van der Waals surface area contributed by atoms with E-state index in [4.69, 9.17) is 9.26 Å². The van der Waals surface area contributed by atoms with E-state index in [2.05, 4.69) is 99.0 Å². The van der Waals surface area contributed by atoms with E-state index in [0.717, 1.165) is 122 Å². The van der Waals surface area contributed by atoms with Crippen molar-refractivity contribution in [2.45, 2.75) is 270 Å². The fourth-order valence-electron chi connectivity index (χ4n) is 12.9. The Kier molecular flexibility index (Phi) is 21.9. The van der Waals surface area contributed by atoms with Crippen LogP contribution < -0.4 is 0 Å². The predicted octanol–water partition coefficient (Wildman–Crippen LogP) is 21.1. The van der Waals surface area contributed by atoms with Gasteiger partial charge in [0.1, 0.15) is 33.7 Å². The van der Waals surface area contributed by atoms with Crippen LogP contribution in [0, 0.1) is 15.2 Å². The molecular weight excluding hydrogens is 1050 g/mol. The van der Waals surface area contributed by atoms with Crippen LogP contribution in [0.2, 0.25) is 0 Å². The quantitative estimate of drug-likeness (QED) is 0.0294. The van der Waals surface area contributed by atoms with Crippen molar-refractivity contribution in [3.63, 3.8) is 0 Å². The number of fused-ring (bicyclic) bond motifs is 10. The molecule has 6 nitrogen and oxygen atoms in total. The highest BCUT2D eigenvalue weighted by Crippen LogP contribution is 2.65. The van der Waals surface area contributed by atoms with Gasteiger partial charge in [0.25, 0.3) is 0 Å². The Balaban J connectivity index is 1.38. The van der Waals surface area contributed by atoms with E-state index < -0.39 is 10.8 Å². The molecule has 3 aromatic carbocycles. The molecule has 7 rings (SSSR count). The summed E-state index contributed by atoms with van der Waals surface area (Å²) in [5, 5.41) is 17.9. The normalized spacial score (nSPS) is 14.3. The Morgan fingerprint density at radius 1 is 0.400 bits per heavy atom. The maximum atomic E-state index is 19.5. The molecular formula is C60H86BrF2IN4O2. The van der Waals surface area contributed by atoms with Crippen LogP contribution in [-0.2, 0) is 10.8 Å². The summed E-state index contributed by atoms with van der Waals surface area (Å²) in [5.74, 6) is -0.578. The van der Waals surface area contributed by atoms with Gasteiger partial charge in [-0.05, 0) is 108 Å². The molecule has 0 saturated heterocycles. The molecule has 70 heavy (non-hydrogen) atoms. The molecule has 386 valence electrons. The molecule has 0 aliphatic heterocycles. The van der Waals surface area contributed by atoms with Crippen molar-refractivity contribution in [3.8, 4) is 22.3 Å². The van der Waals surface area contributed by atoms with Gasteiger partial charge in [-0.15, -0.1) is 0 Å². The summed E-state index contributed by atoms with van der Waals surface area (Å²) in [6, 6.07) is 4.33. The van der Waals surface area contributed by atoms with E-state index in [1.807, 2.05) is 0 Å². The summed E-state index contributed by atoms with van der Waals surface area (Å²) in [5.41, 5.74) is 5.90. The summed E-state index contributed by atoms with van der Waals surface area (Å²) < 4.78 is 51.6. The molecule has 0 radical (unpaired) electrons. The maximum Gasteiger partial charge on any atom is 0.150 e. The Labute approximate surface area is 442 Å². The topological polar surface area (TPSA) is 77.8 Å². The monoisotopic (exact) mass is 1140 g/mol. The SMILES string of the molecule is CCCCCCCCCCC1(CCCCCCCCCC)c2cc(Br)c3nonc3c2-c2c(F)c3c(c(F)c21)-c1c(cc(I)c2nonc12)C3(CCCCCCCCCC)CCCCCCCCCC. The zero-order valence-electron chi connectivity index (χ0n) is 43.7. The lowest BCUT2D eigenvalue weighted by atomic mass is 9.68. The van der Waals surface area contributed by atoms with Crippen molar-refractivity contribution in [1.29, 1.82) is 0 Å². The van der Waals surface area contributed by atoms with Crippen LogP contribution in [0.25, 0.3) is 44.3 Å². The zero-order valence-corrected chi connectivity index (χ0v) is 47.5. The summed E-state index contributed by atoms with van der Waals surface area (Å²) >= 11 is 6.22. The van der Waals surface area contributed by atoms with Crippen molar-refractivity contribution in [3.05, 3.63) is 54.1 Å². The van der Waals surface area contributed by atoms with Gasteiger partial charge in [-0.3, -0.25) is 0 Å². The Bertz CT molecular complexity index is 2210. The minimum absolute atomic E-state index is 0.289. The molecule has 0 fully saturated rings. The van der Waals surface area contributed by atoms with Crippen LogP contribution in [0.1, 0.15) is 281 Å². The van der Waals surface area contributed by atoms with Gasteiger partial charge in [-0.25, -0.2) is 18.0 Å². The number of aromatic nitrogens is 4. The molecule has 5 aromatic rings. The van der Waals surface area contributed by atoms with Gasteiger partial charge in [-0.2, -0.15) is 0 Å². The molecule has 0 atom stereocenters. The Morgan fingerprint density at radius 2 is 0.686 bits per heavy atom. The van der Waals surface area contributed by atoms with Crippen LogP contribution in [-0.4, -0.2) is 20.6 Å². The molecule has 0 amide bonds. The smallest absolute Gasteiger partial charge is 0.150 e. The summed E-state index contributed by atoms with van der Waals surface area (Å²) in [7, 11) is 0. The third-order valence-corrected chi connectivity index (χ3v) is 18.1. The summed E-state index contributed by atoms with van der Waals surface area (Å²) in [6.45, 7) is 9.06. The molecule has 0 saturated carbocycles. The van der Waals surface area contributed by atoms with Crippen molar-refractivity contribution >= 4 is 60.6 Å². The molecule has 10 heteroatoms. The van der Waals surface area contributed by atoms with E-state index in [9.17, 15) is 0 Å². The number of halogens is 4. The standard InChI is InChI=1S/C60H86BrF2IN4O2/c1-5-9-13-17-21-25-29-33-37-59(38-34-30-26-22-18-14-10-6-2)43-41-45(61)55-57(67-69-65-55)47(43)49-51(59)54(63)50-48-44(42-46(64)56-58(48)68-70-66-56)60(52(50)53(49)62,39-35-31-27-23-19-15-11-7-3)40-36-32-28-24-20-16-12-8-4/h41-42H,5-40H2,1-4H3. The van der Waals surface area contributed by atoms with Crippen LogP contribution >= 0.6 is 38.5 Å². The Morgan fingerprint density at radius 3 is 1.04 bits per heavy atom. The first-order valence-corrected chi connectivity index (χ1v) is 30.6. The van der Waals surface area contributed by atoms with Gasteiger partial charge in [-0.1, -0.05) is 233 Å². The van der Waals surface area contributed by atoms with Gasteiger partial charge >= 0.3 is 0 Å². The van der Waals surface area contributed by atoms with Crippen molar-refractivity contribution in [1.82, 2.24) is 20.6 Å². The number of benzene rings is 3. The lowest BCUT2D eigenvalue weighted by molar-refractivity contribution is 0.315. The summed E-state index contributed by atoms with van der Waals surface area (Å²) in [4.78, 5) is 0. The highest BCUT2D eigenvalue weighted by molar-refractivity contribution is 14.1. The molecule has 2 aromatic heterocycles. The third kappa shape index (κ3) is 12.2. The molecule has 0 bridgehead atoms. The minimum atomic E-state index is -0.768. The third-order valence-electron chi connectivity index (χ3n) is 16.7. The largest absolute Gasteiger partial charge is 0.243 e. The van der Waals surface area contributed by atoms with Crippen molar-refractivity contribution in [2.24, 2.45) is 0 Å². The van der Waals surface area contributed by atoms with Gasteiger partial charge in [0.15, 0.2) is 0 Å². The van der Waals surface area contributed by atoms with E-state index >= 15 is 8.78 Å². The lowest BCUT2D eigenvalue weighted by Crippen LogP contribution is -2.29. The molecule has 0 unspecified atom stereocenters. The second-order valence-electron chi connectivity index (χ2n) is 21.7. The maximum absolute atomic E-state index is 19.5. The fraction of sp³-hybridized carbons (Fsp3) is 0.700. The van der Waals surface area contributed by atoms with Crippen molar-refractivity contribution in [2.75, 3.05) is 0 Å². The van der Waals surface area contributed by atoms with E-state index in [-0.39, 0.29) is 11.6 Å². The highest BCUT2D eigenvalue weighted by atomic mass is 127. The van der Waals surface area contributed by atoms with E-state index in [0.29, 0.717) is 55.4 Å². The Hall–Kier alpha value is -2.47. The lowest BCUT2D eigenvalue weighted by Gasteiger charge is -2.35. The molecule has 2 heterocycles. The molecule has 0 spiro atoms. The molecule has 2 aliphatic carbocycles. The number of rotatable bonds is 36. The fourth-order valence-corrected chi connectivity index (χ4v) is 14.1. The highest BCUT2D eigenvalue weighted by Gasteiger charge is 2.55. The van der Waals surface area contributed by atoms with Crippen LogP contribution in [0.4, 0.5) is 8.78 Å². The second kappa shape index (κ2) is 27.7. The minimum Gasteiger partial charge on any atom is -0.243 e. The first-order valence-electron chi connectivity index (χ1n) is 28.8. The first-order chi connectivity index (χ1) is 34.3. The predicted molar refractivity (Wildman–Crippen MR) is 299 cm³/mol. The average molecular weight is 1140 g/mol. The van der Waals surface area contributed by atoms with Crippen LogP contribution in [0.15, 0.2) is 25.9 Å². The van der Waals surface area contributed by atoms with Gasteiger partial charge in [0, 0.05) is 52.3 Å². The van der Waals surface area contributed by atoms with E-state index in [1.54, 1.807) is 0 Å². The van der Waals surface area contributed by atoms with Gasteiger partial charge < -0.3 is 0 Å². The van der Waals surface area contributed by atoms with Gasteiger partial charge in [0.05, 0.1) is 0 Å². The van der Waals surface area contributed by atoms with Gasteiger partial charge in [0.2, 0.25) is 0 Å². The van der Waals surface area contributed by atoms with Crippen molar-refractivity contribution < 1.29 is 18.0 Å². The number of hydrogen-bond acceptors (Lipinski definition) is 6. The average Bonchev–Trinajstić information content (AvgIpc) is 4.16. The molecule has 0 N–H and O–H groups in total. The van der Waals surface area contributed by atoms with E-state index in [1.165, 1.54) is 128 Å². The van der Waals surface area contributed by atoms with Crippen LogP contribution in [0.3, 0.4) is 0 Å². The number of nitrogens with zero attached hydrogens (tertiary/aromatic N) is 4. The summed E-state index contributed by atoms with van der Waals surface area (Å²) in [6.07, 6.45) is 40.6. The number of hydrogen-bond donors (Lipinski definition) is 0. The zero-order chi connectivity index (χ0) is 49.4. The van der Waals surface area contributed by atoms with Crippen LogP contribution in [0.5, 0.6) is 0 Å².